The van der Waals surface area contributed by atoms with Crippen molar-refractivity contribution in [2.75, 3.05) is 20.7 Å². The number of likely N-dealkylation sites (N-methyl/N-ethyl adjacent to an activating group) is 2. The molecule has 0 saturated carbocycles. The number of carbonyl (C=O) groups excluding carboxylic acids is 2. The van der Waals surface area contributed by atoms with Gasteiger partial charge >= 0.3 is 0 Å². The molecule has 0 aliphatic carbocycles. The first-order valence-corrected chi connectivity index (χ1v) is 6.91. The monoisotopic (exact) mass is 304 g/mol. The third kappa shape index (κ3) is 2.80. The highest BCUT2D eigenvalue weighted by Crippen LogP contribution is 2.24. The van der Waals surface area contributed by atoms with Gasteiger partial charge in [-0.25, -0.2) is 0 Å². The molecule has 1 aliphatic heterocycles. The van der Waals surface area contributed by atoms with Crippen molar-refractivity contribution in [3.05, 3.63) is 35.4 Å². The predicted molar refractivity (Wildman–Crippen MR) is 83.7 cm³/mol. The van der Waals surface area contributed by atoms with Gasteiger partial charge in [0.25, 0.3) is 11.8 Å². The summed E-state index contributed by atoms with van der Waals surface area (Å²) < 4.78 is 5.50. The summed E-state index contributed by atoms with van der Waals surface area (Å²) in [5, 5.41) is 0.195. The van der Waals surface area contributed by atoms with Crippen molar-refractivity contribution in [2.45, 2.75) is 6.92 Å². The first-order chi connectivity index (χ1) is 9.97. The van der Waals surface area contributed by atoms with Gasteiger partial charge in [0.2, 0.25) is 0 Å². The lowest BCUT2D eigenvalue weighted by Crippen LogP contribution is -2.52. The highest BCUT2D eigenvalue weighted by Gasteiger charge is 2.35. The summed E-state index contributed by atoms with van der Waals surface area (Å²) in [6.45, 7) is 2.38. The summed E-state index contributed by atoms with van der Waals surface area (Å²) >= 11 is 5.05. The van der Waals surface area contributed by atoms with E-state index in [2.05, 4.69) is 0 Å². The van der Waals surface area contributed by atoms with E-state index < -0.39 is 11.8 Å². The summed E-state index contributed by atoms with van der Waals surface area (Å²) in [6, 6.07) is 7.26. The topological polar surface area (TPSA) is 49.9 Å². The van der Waals surface area contributed by atoms with Gasteiger partial charge in [0.1, 0.15) is 11.3 Å². The largest absolute Gasteiger partial charge is 0.493 e. The Morgan fingerprint density at radius 2 is 1.71 bits per heavy atom. The molecule has 1 fully saturated rings. The molecular weight excluding hydrogens is 288 g/mol. The van der Waals surface area contributed by atoms with Gasteiger partial charge in [-0.2, -0.15) is 0 Å². The molecule has 2 amide bonds. The van der Waals surface area contributed by atoms with E-state index in [0.717, 1.165) is 0 Å². The molecule has 0 aromatic heterocycles. The molecule has 0 unspecified atom stereocenters. The van der Waals surface area contributed by atoms with Crippen LogP contribution in [0.3, 0.4) is 0 Å². The van der Waals surface area contributed by atoms with Crippen LogP contribution in [0.4, 0.5) is 0 Å². The quantitative estimate of drug-likeness (QED) is 0.484. The number of benzene rings is 1. The van der Waals surface area contributed by atoms with Crippen molar-refractivity contribution in [3.8, 4) is 5.75 Å². The van der Waals surface area contributed by atoms with E-state index in [9.17, 15) is 9.59 Å². The second-order valence-corrected chi connectivity index (χ2v) is 4.90. The third-order valence-corrected chi connectivity index (χ3v) is 3.71. The minimum Gasteiger partial charge on any atom is -0.493 e. The Hall–Kier alpha value is -2.21. The Labute approximate surface area is 128 Å². The fourth-order valence-corrected chi connectivity index (χ4v) is 2.18. The van der Waals surface area contributed by atoms with Crippen LogP contribution in [-0.2, 0) is 9.59 Å². The zero-order valence-electron chi connectivity index (χ0n) is 12.1. The highest BCUT2D eigenvalue weighted by molar-refractivity contribution is 7.80. The average Bonchev–Trinajstić information content (AvgIpc) is 2.49. The molecule has 0 atom stereocenters. The number of rotatable bonds is 3. The van der Waals surface area contributed by atoms with Crippen LogP contribution < -0.4 is 4.74 Å². The summed E-state index contributed by atoms with van der Waals surface area (Å²) in [5.74, 6) is -0.185. The van der Waals surface area contributed by atoms with Crippen LogP contribution in [0.2, 0.25) is 0 Å². The van der Waals surface area contributed by atoms with Crippen molar-refractivity contribution in [2.24, 2.45) is 0 Å². The molecule has 0 spiro atoms. The standard InChI is InChI=1S/C15H16N2O3S/c1-4-20-12-8-6-5-7-10(12)9-11-13(18)16(2)15(21)17(3)14(11)19/h5-9H,4H2,1-3H3. The van der Waals surface area contributed by atoms with Crippen molar-refractivity contribution in [1.29, 1.82) is 0 Å². The Balaban J connectivity index is 2.47. The number of ether oxygens (including phenoxy) is 1. The number of para-hydroxylation sites is 1. The van der Waals surface area contributed by atoms with Gasteiger partial charge in [-0.05, 0) is 31.3 Å². The lowest BCUT2D eigenvalue weighted by atomic mass is 10.1. The summed E-state index contributed by atoms with van der Waals surface area (Å²) in [5.41, 5.74) is 0.756. The van der Waals surface area contributed by atoms with Crippen LogP contribution in [0, 0.1) is 0 Å². The van der Waals surface area contributed by atoms with Crippen LogP contribution in [-0.4, -0.2) is 47.4 Å². The second-order valence-electron chi connectivity index (χ2n) is 4.54. The van der Waals surface area contributed by atoms with Gasteiger partial charge in [0.15, 0.2) is 5.11 Å². The fourth-order valence-electron chi connectivity index (χ4n) is 2.02. The lowest BCUT2D eigenvalue weighted by Gasteiger charge is -2.31. The predicted octanol–water partition coefficient (Wildman–Crippen LogP) is 1.68. The van der Waals surface area contributed by atoms with Gasteiger partial charge in [0, 0.05) is 19.7 Å². The van der Waals surface area contributed by atoms with E-state index in [-0.39, 0.29) is 10.7 Å². The number of carbonyl (C=O) groups is 2. The van der Waals surface area contributed by atoms with E-state index in [1.807, 2.05) is 19.1 Å². The molecule has 0 radical (unpaired) electrons. The Morgan fingerprint density at radius 1 is 1.14 bits per heavy atom. The number of hydrogen-bond acceptors (Lipinski definition) is 4. The van der Waals surface area contributed by atoms with Gasteiger partial charge < -0.3 is 4.74 Å². The molecule has 0 bridgehead atoms. The van der Waals surface area contributed by atoms with Crippen molar-refractivity contribution >= 4 is 35.2 Å². The summed E-state index contributed by atoms with van der Waals surface area (Å²) in [7, 11) is 3.10. The smallest absolute Gasteiger partial charge is 0.265 e. The SMILES string of the molecule is CCOc1ccccc1C=C1C(=O)N(C)C(=S)N(C)C1=O. The minimum absolute atomic E-state index is 0.0701. The molecule has 1 heterocycles. The molecule has 2 rings (SSSR count). The van der Waals surface area contributed by atoms with Crippen LogP contribution in [0.1, 0.15) is 12.5 Å². The van der Waals surface area contributed by atoms with Crippen LogP contribution in [0.25, 0.3) is 6.08 Å². The number of nitrogens with zero attached hydrogens (tertiary/aromatic N) is 2. The molecule has 0 N–H and O–H groups in total. The zero-order valence-corrected chi connectivity index (χ0v) is 12.9. The van der Waals surface area contributed by atoms with Crippen molar-refractivity contribution in [3.63, 3.8) is 0 Å². The third-order valence-electron chi connectivity index (χ3n) is 3.16. The molecule has 1 saturated heterocycles. The maximum Gasteiger partial charge on any atom is 0.265 e. The van der Waals surface area contributed by atoms with Crippen molar-refractivity contribution < 1.29 is 14.3 Å². The van der Waals surface area contributed by atoms with Crippen LogP contribution >= 0.6 is 12.2 Å². The molecular formula is C15H16N2O3S. The molecule has 1 aliphatic rings. The van der Waals surface area contributed by atoms with Crippen LogP contribution in [0.5, 0.6) is 5.75 Å². The minimum atomic E-state index is -0.408. The highest BCUT2D eigenvalue weighted by atomic mass is 32.1. The number of amides is 2. The van der Waals surface area contributed by atoms with E-state index in [4.69, 9.17) is 17.0 Å². The number of thiocarbonyl (C=S) groups is 1. The molecule has 21 heavy (non-hydrogen) atoms. The molecule has 1 aromatic carbocycles. The maximum atomic E-state index is 12.2. The Kier molecular flexibility index (Phi) is 4.37. The molecule has 1 aromatic rings. The summed E-state index contributed by atoms with van der Waals surface area (Å²) in [6.07, 6.45) is 1.55. The summed E-state index contributed by atoms with van der Waals surface area (Å²) in [4.78, 5) is 27.1. The van der Waals surface area contributed by atoms with Crippen LogP contribution in [0.15, 0.2) is 29.8 Å². The van der Waals surface area contributed by atoms with E-state index in [1.165, 1.54) is 9.80 Å². The number of hydrogen-bond donors (Lipinski definition) is 0. The average molecular weight is 304 g/mol. The first kappa shape index (κ1) is 15.2. The maximum absolute atomic E-state index is 12.2. The van der Waals surface area contributed by atoms with Gasteiger partial charge in [0.05, 0.1) is 6.61 Å². The lowest BCUT2D eigenvalue weighted by molar-refractivity contribution is -0.132. The first-order valence-electron chi connectivity index (χ1n) is 6.51. The van der Waals surface area contributed by atoms with Gasteiger partial charge in [-0.1, -0.05) is 18.2 Å². The Bertz CT molecular complexity index is 614. The molecule has 6 heteroatoms. The Morgan fingerprint density at radius 3 is 2.29 bits per heavy atom. The van der Waals surface area contributed by atoms with Crippen molar-refractivity contribution in [1.82, 2.24) is 9.80 Å². The van der Waals surface area contributed by atoms with E-state index in [1.54, 1.807) is 32.3 Å². The van der Waals surface area contributed by atoms with E-state index >= 15 is 0 Å². The molecule has 5 nitrogen and oxygen atoms in total. The molecule has 110 valence electrons. The van der Waals surface area contributed by atoms with E-state index in [0.29, 0.717) is 17.9 Å². The fraction of sp³-hybridized carbons (Fsp3) is 0.267. The normalized spacial score (nSPS) is 15.6. The second kappa shape index (κ2) is 6.05. The van der Waals surface area contributed by atoms with Gasteiger partial charge in [-0.3, -0.25) is 19.4 Å². The zero-order chi connectivity index (χ0) is 15.6. The van der Waals surface area contributed by atoms with Gasteiger partial charge in [-0.15, -0.1) is 0 Å².